The minimum absolute atomic E-state index is 0.504. The summed E-state index contributed by atoms with van der Waals surface area (Å²) < 4.78 is 0. The maximum Gasteiger partial charge on any atom is 0.134 e. The number of nitrogens with zero attached hydrogens (tertiary/aromatic N) is 5. The quantitative estimate of drug-likeness (QED) is 0.832. The molecule has 3 heterocycles. The van der Waals surface area contributed by atoms with Gasteiger partial charge in [-0.1, -0.05) is 0 Å². The first kappa shape index (κ1) is 17.2. The molecule has 1 fully saturated rings. The summed E-state index contributed by atoms with van der Waals surface area (Å²) in [5, 5.41) is 0. The maximum atomic E-state index is 4.48. The van der Waals surface area contributed by atoms with E-state index < -0.39 is 0 Å². The Morgan fingerprint density at radius 1 is 1.21 bits per heavy atom. The predicted molar refractivity (Wildman–Crippen MR) is 102 cm³/mol. The molecule has 3 rings (SSSR count). The molecule has 1 saturated heterocycles. The number of hydrogen-bond donors (Lipinski definition) is 0. The summed E-state index contributed by atoms with van der Waals surface area (Å²) in [5.74, 6) is 1.96. The van der Waals surface area contributed by atoms with Crippen molar-refractivity contribution in [3.8, 4) is 0 Å². The third-order valence-electron chi connectivity index (χ3n) is 4.66. The topological polar surface area (TPSA) is 35.5 Å². The lowest BCUT2D eigenvalue weighted by Gasteiger charge is -2.38. The summed E-state index contributed by atoms with van der Waals surface area (Å²) in [7, 11) is 6.18. The van der Waals surface area contributed by atoms with Gasteiger partial charge in [0.1, 0.15) is 18.0 Å². The van der Waals surface area contributed by atoms with Crippen molar-refractivity contribution < 1.29 is 0 Å². The molecule has 24 heavy (non-hydrogen) atoms. The van der Waals surface area contributed by atoms with Crippen molar-refractivity contribution in [1.82, 2.24) is 14.9 Å². The van der Waals surface area contributed by atoms with Crippen LogP contribution >= 0.6 is 11.3 Å². The second kappa shape index (κ2) is 7.49. The fraction of sp³-hybridized carbons (Fsp3) is 0.556. The smallest absolute Gasteiger partial charge is 0.134 e. The molecule has 5 nitrogen and oxygen atoms in total. The van der Waals surface area contributed by atoms with Crippen molar-refractivity contribution in [3.05, 3.63) is 34.3 Å². The Morgan fingerprint density at radius 3 is 2.71 bits per heavy atom. The lowest BCUT2D eigenvalue weighted by Crippen LogP contribution is -2.46. The number of rotatable bonds is 5. The van der Waals surface area contributed by atoms with E-state index in [9.17, 15) is 0 Å². The van der Waals surface area contributed by atoms with Crippen LogP contribution in [0.5, 0.6) is 0 Å². The number of anilines is 2. The van der Waals surface area contributed by atoms with Gasteiger partial charge in [0.05, 0.1) is 0 Å². The van der Waals surface area contributed by atoms with E-state index in [2.05, 4.69) is 51.9 Å². The minimum atomic E-state index is 0.504. The van der Waals surface area contributed by atoms with Gasteiger partial charge in [-0.3, -0.25) is 4.90 Å². The standard InChI is InChI=1S/C18H27N5S/c1-14-7-8-16(24-14)12-23-9-5-6-15(11-23)22(4)18-10-17(21(2)3)19-13-20-18/h7-8,10,13,15H,5-6,9,11-12H2,1-4H3. The van der Waals surface area contributed by atoms with E-state index in [1.807, 2.05) is 30.3 Å². The molecule has 0 bridgehead atoms. The van der Waals surface area contributed by atoms with Crippen LogP contribution in [-0.2, 0) is 6.54 Å². The van der Waals surface area contributed by atoms with Gasteiger partial charge in [-0.2, -0.15) is 0 Å². The lowest BCUT2D eigenvalue weighted by atomic mass is 10.0. The highest BCUT2D eigenvalue weighted by Crippen LogP contribution is 2.24. The molecule has 0 aliphatic carbocycles. The van der Waals surface area contributed by atoms with Gasteiger partial charge in [-0.25, -0.2) is 9.97 Å². The number of likely N-dealkylation sites (tertiary alicyclic amines) is 1. The molecule has 0 radical (unpaired) electrons. The zero-order valence-corrected chi connectivity index (χ0v) is 15.9. The average molecular weight is 346 g/mol. The molecular formula is C18H27N5S. The Balaban J connectivity index is 1.66. The molecule has 2 aromatic rings. The molecule has 0 spiro atoms. The Kier molecular flexibility index (Phi) is 5.36. The molecule has 1 unspecified atom stereocenters. The van der Waals surface area contributed by atoms with E-state index in [-0.39, 0.29) is 0 Å². The summed E-state index contributed by atoms with van der Waals surface area (Å²) in [6.45, 7) is 5.52. The number of hydrogen-bond acceptors (Lipinski definition) is 6. The monoisotopic (exact) mass is 345 g/mol. The van der Waals surface area contributed by atoms with Gasteiger partial charge in [-0.15, -0.1) is 11.3 Å². The van der Waals surface area contributed by atoms with E-state index >= 15 is 0 Å². The van der Waals surface area contributed by atoms with E-state index in [1.165, 1.54) is 29.1 Å². The maximum absolute atomic E-state index is 4.48. The van der Waals surface area contributed by atoms with Gasteiger partial charge in [0.25, 0.3) is 0 Å². The number of thiophene rings is 1. The van der Waals surface area contributed by atoms with Gasteiger partial charge < -0.3 is 9.80 Å². The fourth-order valence-corrected chi connectivity index (χ4v) is 4.18. The van der Waals surface area contributed by atoms with Gasteiger partial charge in [0.2, 0.25) is 0 Å². The van der Waals surface area contributed by atoms with Crippen molar-refractivity contribution in [2.45, 2.75) is 32.4 Å². The van der Waals surface area contributed by atoms with Crippen LogP contribution in [0.15, 0.2) is 24.5 Å². The van der Waals surface area contributed by atoms with Crippen LogP contribution in [-0.4, -0.2) is 55.1 Å². The third kappa shape index (κ3) is 4.05. The van der Waals surface area contributed by atoms with Crippen LogP contribution in [0.1, 0.15) is 22.6 Å². The average Bonchev–Trinajstić information content (AvgIpc) is 2.99. The van der Waals surface area contributed by atoms with Crippen LogP contribution in [0.3, 0.4) is 0 Å². The Labute approximate surface area is 148 Å². The number of likely N-dealkylation sites (N-methyl/N-ethyl adjacent to an activating group) is 1. The molecule has 0 N–H and O–H groups in total. The number of aromatic nitrogens is 2. The van der Waals surface area contributed by atoms with Gasteiger partial charge >= 0.3 is 0 Å². The number of aryl methyl sites for hydroxylation is 1. The minimum Gasteiger partial charge on any atom is -0.363 e. The zero-order chi connectivity index (χ0) is 17.1. The van der Waals surface area contributed by atoms with Crippen LogP contribution in [0.4, 0.5) is 11.6 Å². The van der Waals surface area contributed by atoms with Crippen molar-refractivity contribution in [2.75, 3.05) is 44.0 Å². The molecule has 0 aromatic carbocycles. The van der Waals surface area contributed by atoms with Crippen LogP contribution < -0.4 is 9.80 Å². The normalized spacial score (nSPS) is 18.6. The highest BCUT2D eigenvalue weighted by molar-refractivity contribution is 7.11. The highest BCUT2D eigenvalue weighted by Gasteiger charge is 2.24. The second-order valence-electron chi connectivity index (χ2n) is 6.78. The van der Waals surface area contributed by atoms with E-state index in [0.717, 1.165) is 24.7 Å². The fourth-order valence-electron chi connectivity index (χ4n) is 3.24. The summed E-state index contributed by atoms with van der Waals surface area (Å²) in [6, 6.07) is 7.06. The molecule has 0 amide bonds. The molecule has 1 aliphatic rings. The summed E-state index contributed by atoms with van der Waals surface area (Å²) in [6.07, 6.45) is 4.12. The molecule has 1 atom stereocenters. The summed E-state index contributed by atoms with van der Waals surface area (Å²) >= 11 is 1.91. The first-order chi connectivity index (χ1) is 11.5. The van der Waals surface area contributed by atoms with Crippen molar-refractivity contribution in [1.29, 1.82) is 0 Å². The number of piperidine rings is 1. The first-order valence-corrected chi connectivity index (χ1v) is 9.34. The molecule has 0 saturated carbocycles. The van der Waals surface area contributed by atoms with Crippen molar-refractivity contribution >= 4 is 23.0 Å². The largest absolute Gasteiger partial charge is 0.363 e. The van der Waals surface area contributed by atoms with Gasteiger partial charge in [0.15, 0.2) is 0 Å². The Bertz CT molecular complexity index is 669. The first-order valence-electron chi connectivity index (χ1n) is 8.53. The Morgan fingerprint density at radius 2 is 2.00 bits per heavy atom. The van der Waals surface area contributed by atoms with Crippen LogP contribution in [0, 0.1) is 6.92 Å². The van der Waals surface area contributed by atoms with Gasteiger partial charge in [-0.05, 0) is 38.4 Å². The predicted octanol–water partition coefficient (Wildman–Crippen LogP) is 3.01. The second-order valence-corrected chi connectivity index (χ2v) is 8.16. The summed E-state index contributed by atoms with van der Waals surface area (Å²) in [5.41, 5.74) is 0. The van der Waals surface area contributed by atoms with E-state index in [1.54, 1.807) is 6.33 Å². The van der Waals surface area contributed by atoms with Crippen LogP contribution in [0.2, 0.25) is 0 Å². The molecular weight excluding hydrogens is 318 g/mol. The van der Waals surface area contributed by atoms with E-state index in [4.69, 9.17) is 0 Å². The van der Waals surface area contributed by atoms with Gasteiger partial charge in [0, 0.05) is 56.1 Å². The van der Waals surface area contributed by atoms with Crippen molar-refractivity contribution in [2.24, 2.45) is 0 Å². The summed E-state index contributed by atoms with van der Waals surface area (Å²) in [4.78, 5) is 18.6. The van der Waals surface area contributed by atoms with Crippen LogP contribution in [0.25, 0.3) is 0 Å². The molecule has 130 valence electrons. The lowest BCUT2D eigenvalue weighted by molar-refractivity contribution is 0.200. The van der Waals surface area contributed by atoms with Crippen molar-refractivity contribution in [3.63, 3.8) is 0 Å². The molecule has 6 heteroatoms. The molecule has 2 aromatic heterocycles. The molecule has 1 aliphatic heterocycles. The zero-order valence-electron chi connectivity index (χ0n) is 15.1. The van der Waals surface area contributed by atoms with E-state index in [0.29, 0.717) is 6.04 Å². The Hall–Kier alpha value is -1.66. The third-order valence-corrected chi connectivity index (χ3v) is 5.65. The SMILES string of the molecule is Cc1ccc(CN2CCCC(N(C)c3cc(N(C)C)ncn3)C2)s1. The highest BCUT2D eigenvalue weighted by atomic mass is 32.1.